The predicted molar refractivity (Wildman–Crippen MR) is 187 cm³/mol. The number of hydrogen-bond donors (Lipinski definition) is 1. The van der Waals surface area contributed by atoms with E-state index in [9.17, 15) is 14.4 Å². The van der Waals surface area contributed by atoms with Crippen molar-refractivity contribution >= 4 is 45.1 Å². The van der Waals surface area contributed by atoms with Crippen molar-refractivity contribution in [1.82, 2.24) is 20.2 Å². The maximum Gasteiger partial charge on any atom is 0.255 e. The summed E-state index contributed by atoms with van der Waals surface area (Å²) in [5, 5.41) is 3.25. The average molecular weight is 678 g/mol. The Kier molecular flexibility index (Phi) is 9.23. The number of nitrogens with zero attached hydrogens (tertiary/aromatic N) is 4. The maximum atomic E-state index is 12.9. The second kappa shape index (κ2) is 14.0. The van der Waals surface area contributed by atoms with Gasteiger partial charge in [0.25, 0.3) is 5.91 Å². The van der Waals surface area contributed by atoms with Crippen molar-refractivity contribution in [2.75, 3.05) is 45.4 Å². The standard InChI is InChI=1S/C37H35N5O6S/c1-41(2)32-14-10-25(21-38-32)23-6-8-24(9-7-23)36-40-34-30(4-3-5-31(34)49-36)48-19-17-46-16-18-47-27-11-12-28-26(20-27)22-42(37(28)45)29-13-15-33(43)39-35(29)44/h3-12,14,20-21,29H,13,15-19,22H2,1-2H3,(H,39,43,44). The first-order valence-electron chi connectivity index (χ1n) is 16.1. The highest BCUT2D eigenvalue weighted by Crippen LogP contribution is 2.36. The first-order chi connectivity index (χ1) is 23.8. The quantitative estimate of drug-likeness (QED) is 0.138. The van der Waals surface area contributed by atoms with Crippen LogP contribution >= 0.6 is 11.3 Å². The van der Waals surface area contributed by atoms with Gasteiger partial charge in [0.2, 0.25) is 11.8 Å². The van der Waals surface area contributed by atoms with Crippen LogP contribution in [-0.2, 0) is 20.9 Å². The van der Waals surface area contributed by atoms with Crippen molar-refractivity contribution in [1.29, 1.82) is 0 Å². The first kappa shape index (κ1) is 32.2. The highest BCUT2D eigenvalue weighted by Gasteiger charge is 2.39. The molecule has 1 saturated heterocycles. The van der Waals surface area contributed by atoms with E-state index in [4.69, 9.17) is 19.2 Å². The Balaban J connectivity index is 0.877. The number of aromatic nitrogens is 2. The van der Waals surface area contributed by atoms with Gasteiger partial charge in [-0.25, -0.2) is 9.97 Å². The molecule has 7 rings (SSSR count). The number of benzene rings is 3. The van der Waals surface area contributed by atoms with Crippen LogP contribution in [0.4, 0.5) is 5.82 Å². The summed E-state index contributed by atoms with van der Waals surface area (Å²) >= 11 is 1.63. The van der Waals surface area contributed by atoms with Crippen molar-refractivity contribution in [2.24, 2.45) is 0 Å². The summed E-state index contributed by atoms with van der Waals surface area (Å²) in [6, 6.07) is 23.0. The fourth-order valence-corrected chi connectivity index (χ4v) is 6.95. The van der Waals surface area contributed by atoms with Gasteiger partial charge in [-0.05, 0) is 60.0 Å². The third kappa shape index (κ3) is 6.96. The van der Waals surface area contributed by atoms with Crippen LogP contribution in [0, 0.1) is 0 Å². The zero-order valence-electron chi connectivity index (χ0n) is 27.2. The normalized spacial score (nSPS) is 15.8. The number of thiazole rings is 1. The minimum absolute atomic E-state index is 0.210. The lowest BCUT2D eigenvalue weighted by Crippen LogP contribution is -2.52. The molecule has 2 aromatic heterocycles. The van der Waals surface area contributed by atoms with E-state index in [1.54, 1.807) is 23.5 Å². The summed E-state index contributed by atoms with van der Waals surface area (Å²) in [5.41, 5.74) is 5.36. The number of imide groups is 1. The van der Waals surface area contributed by atoms with E-state index >= 15 is 0 Å². The molecule has 3 amide bonds. The zero-order valence-corrected chi connectivity index (χ0v) is 28.0. The molecule has 5 aromatic rings. The molecule has 1 unspecified atom stereocenters. The highest BCUT2D eigenvalue weighted by atomic mass is 32.1. The largest absolute Gasteiger partial charge is 0.491 e. The number of piperidine rings is 1. The van der Waals surface area contributed by atoms with Crippen molar-refractivity contribution in [3.63, 3.8) is 0 Å². The van der Waals surface area contributed by atoms with Gasteiger partial charge in [0.15, 0.2) is 0 Å². The molecule has 3 aromatic carbocycles. The lowest BCUT2D eigenvalue weighted by molar-refractivity contribution is -0.136. The second-order valence-corrected chi connectivity index (χ2v) is 13.1. The lowest BCUT2D eigenvalue weighted by Gasteiger charge is -2.29. The van der Waals surface area contributed by atoms with Crippen LogP contribution in [0.15, 0.2) is 79.0 Å². The smallest absolute Gasteiger partial charge is 0.255 e. The van der Waals surface area contributed by atoms with Gasteiger partial charge >= 0.3 is 0 Å². The van der Waals surface area contributed by atoms with Gasteiger partial charge in [0.1, 0.15) is 47.1 Å². The minimum Gasteiger partial charge on any atom is -0.491 e. The molecule has 4 heterocycles. The van der Waals surface area contributed by atoms with Crippen molar-refractivity contribution in [3.8, 4) is 33.2 Å². The van der Waals surface area contributed by atoms with Crippen LogP contribution in [0.25, 0.3) is 31.9 Å². The number of pyridine rings is 1. The number of carbonyl (C=O) groups is 3. The van der Waals surface area contributed by atoms with Crippen LogP contribution in [0.5, 0.6) is 11.5 Å². The summed E-state index contributed by atoms with van der Waals surface area (Å²) < 4.78 is 18.7. The molecular formula is C37H35N5O6S. The Labute approximate surface area is 287 Å². The summed E-state index contributed by atoms with van der Waals surface area (Å²) in [4.78, 5) is 49.6. The highest BCUT2D eigenvalue weighted by molar-refractivity contribution is 7.21. The van der Waals surface area contributed by atoms with Crippen LogP contribution in [0.2, 0.25) is 0 Å². The van der Waals surface area contributed by atoms with E-state index in [0.717, 1.165) is 43.3 Å². The Morgan fingerprint density at radius 1 is 0.898 bits per heavy atom. The summed E-state index contributed by atoms with van der Waals surface area (Å²) in [7, 11) is 3.95. The molecule has 0 spiro atoms. The van der Waals surface area contributed by atoms with Crippen LogP contribution in [0.1, 0.15) is 28.8 Å². The Morgan fingerprint density at radius 3 is 2.43 bits per heavy atom. The van der Waals surface area contributed by atoms with E-state index in [1.165, 1.54) is 4.90 Å². The van der Waals surface area contributed by atoms with Gasteiger partial charge in [-0.3, -0.25) is 19.7 Å². The molecule has 2 aliphatic heterocycles. The molecule has 0 aliphatic carbocycles. The molecule has 0 radical (unpaired) electrons. The molecule has 11 nitrogen and oxygen atoms in total. The predicted octanol–water partition coefficient (Wildman–Crippen LogP) is 5.33. The Bertz CT molecular complexity index is 2010. The Hall–Kier alpha value is -5.33. The molecular weight excluding hydrogens is 643 g/mol. The van der Waals surface area contributed by atoms with Crippen LogP contribution in [-0.4, -0.2) is 79.2 Å². The molecule has 250 valence electrons. The lowest BCUT2D eigenvalue weighted by atomic mass is 10.0. The number of nitrogens with one attached hydrogen (secondary N) is 1. The summed E-state index contributed by atoms with van der Waals surface area (Å²) in [6.45, 7) is 1.72. The zero-order chi connectivity index (χ0) is 33.9. The van der Waals surface area contributed by atoms with E-state index < -0.39 is 11.9 Å². The molecule has 0 saturated carbocycles. The molecule has 1 N–H and O–H groups in total. The van der Waals surface area contributed by atoms with Gasteiger partial charge in [-0.2, -0.15) is 0 Å². The molecule has 2 aliphatic rings. The molecule has 12 heteroatoms. The fraction of sp³-hybridized carbons (Fsp3) is 0.270. The number of fused-ring (bicyclic) bond motifs is 2. The average Bonchev–Trinajstić information content (AvgIpc) is 3.69. The first-order valence-corrected chi connectivity index (χ1v) is 16.9. The number of para-hydroxylation sites is 1. The number of carbonyl (C=O) groups excluding carboxylic acids is 3. The molecule has 1 fully saturated rings. The van der Waals surface area contributed by atoms with E-state index in [0.29, 0.717) is 56.5 Å². The molecule has 0 bridgehead atoms. The van der Waals surface area contributed by atoms with Gasteiger partial charge in [0.05, 0.1) is 17.9 Å². The topological polar surface area (TPSA) is 123 Å². The van der Waals surface area contributed by atoms with Crippen molar-refractivity contribution in [3.05, 3.63) is 90.1 Å². The van der Waals surface area contributed by atoms with Gasteiger partial charge in [-0.1, -0.05) is 30.3 Å². The number of rotatable bonds is 12. The van der Waals surface area contributed by atoms with E-state index in [1.807, 2.05) is 55.5 Å². The summed E-state index contributed by atoms with van der Waals surface area (Å²) in [5.74, 6) is 1.31. The third-order valence-electron chi connectivity index (χ3n) is 8.53. The number of amides is 3. The van der Waals surface area contributed by atoms with Gasteiger partial charge < -0.3 is 24.0 Å². The van der Waals surface area contributed by atoms with Crippen molar-refractivity contribution in [2.45, 2.75) is 25.4 Å². The van der Waals surface area contributed by atoms with Gasteiger partial charge in [-0.15, -0.1) is 11.3 Å². The Morgan fingerprint density at radius 2 is 1.67 bits per heavy atom. The number of anilines is 1. The van der Waals surface area contributed by atoms with Crippen molar-refractivity contribution < 1.29 is 28.6 Å². The van der Waals surface area contributed by atoms with Crippen LogP contribution < -0.4 is 19.7 Å². The maximum absolute atomic E-state index is 12.9. The minimum atomic E-state index is -0.643. The molecule has 49 heavy (non-hydrogen) atoms. The summed E-state index contributed by atoms with van der Waals surface area (Å²) in [6.07, 6.45) is 2.44. The number of ether oxygens (including phenoxy) is 3. The third-order valence-corrected chi connectivity index (χ3v) is 9.60. The fourth-order valence-electron chi connectivity index (χ4n) is 5.96. The number of hydrogen-bond acceptors (Lipinski definition) is 10. The second-order valence-electron chi connectivity index (χ2n) is 12.0. The van der Waals surface area contributed by atoms with Gasteiger partial charge in [0, 0.05) is 49.9 Å². The monoisotopic (exact) mass is 677 g/mol. The molecule has 1 atom stereocenters. The van der Waals surface area contributed by atoms with E-state index in [-0.39, 0.29) is 18.2 Å². The van der Waals surface area contributed by atoms with E-state index in [2.05, 4.69) is 40.6 Å². The SMILES string of the molecule is CN(C)c1ccc(-c2ccc(-c3nc4c(OCCOCCOc5ccc6c(c5)CN(C5CCC(=O)NC5=O)C6=O)cccc4s3)cc2)cn1. The van der Waals surface area contributed by atoms with Crippen LogP contribution in [0.3, 0.4) is 0 Å².